The molecule has 0 bridgehead atoms. The number of nitrogens with one attached hydrogen (secondary N) is 1. The Balaban J connectivity index is 1.99. The first-order valence-corrected chi connectivity index (χ1v) is 10.1. The lowest BCUT2D eigenvalue weighted by Gasteiger charge is -2.34. The van der Waals surface area contributed by atoms with E-state index in [-0.39, 0.29) is 22.2 Å². The number of carbonyl (C=O) groups excluding carboxylic acids is 2. The zero-order chi connectivity index (χ0) is 20.4. The fraction of sp³-hybridized carbons (Fsp3) is 0.579. The molecule has 1 N–H and O–H groups in total. The fourth-order valence-corrected chi connectivity index (χ4v) is 5.09. The van der Waals surface area contributed by atoms with Crippen LogP contribution in [0, 0.1) is 11.8 Å². The molecule has 0 unspecified atom stereocenters. The fourth-order valence-electron chi connectivity index (χ4n) is 3.96. The Kier molecular flexibility index (Phi) is 6.14. The van der Waals surface area contributed by atoms with Gasteiger partial charge in [0.2, 0.25) is 0 Å². The van der Waals surface area contributed by atoms with E-state index in [9.17, 15) is 14.4 Å². The summed E-state index contributed by atoms with van der Waals surface area (Å²) in [4.78, 5) is 47.0. The number of aromatic nitrogens is 2. The average Bonchev–Trinajstić information content (AvgIpc) is 2.98. The van der Waals surface area contributed by atoms with Crippen LogP contribution in [-0.2, 0) is 27.2 Å². The molecule has 3 heterocycles. The summed E-state index contributed by atoms with van der Waals surface area (Å²) in [5, 5.41) is 0.250. The minimum atomic E-state index is -0.596. The Morgan fingerprint density at radius 3 is 2.50 bits per heavy atom. The minimum absolute atomic E-state index is 0.188. The summed E-state index contributed by atoms with van der Waals surface area (Å²) in [7, 11) is 2.52. The molecule has 28 heavy (non-hydrogen) atoms. The number of aromatic amines is 1. The highest BCUT2D eigenvalue weighted by Crippen LogP contribution is 2.29. The van der Waals surface area contributed by atoms with Gasteiger partial charge in [-0.25, -0.2) is 9.78 Å². The van der Waals surface area contributed by atoms with Gasteiger partial charge in [-0.15, -0.1) is 11.3 Å². The van der Waals surface area contributed by atoms with Crippen LogP contribution in [0.4, 0.5) is 0 Å². The largest absolute Gasteiger partial charge is 0.469 e. The number of rotatable bonds is 5. The third kappa shape index (κ3) is 4.25. The summed E-state index contributed by atoms with van der Waals surface area (Å²) in [6, 6.07) is 0. The van der Waals surface area contributed by atoms with Crippen molar-refractivity contribution in [3.63, 3.8) is 0 Å². The number of hydrogen-bond acceptors (Lipinski definition) is 8. The standard InChI is InChI=1S/C19H25N3O5S/c1-10-5-11(2)8-22(7-10)9-13-20-17(24)15-12(6-14(23)26-3)16(19(25)27-4)28-18(15)21-13/h10-11H,5-9H2,1-4H3,(H,20,21,24)/t10-,11-/m0/s1. The Hall–Kier alpha value is -2.26. The Morgan fingerprint density at radius 1 is 1.21 bits per heavy atom. The maximum Gasteiger partial charge on any atom is 0.348 e. The molecule has 3 rings (SSSR count). The summed E-state index contributed by atoms with van der Waals surface area (Å²) in [6.07, 6.45) is 1.01. The van der Waals surface area contributed by atoms with Crippen LogP contribution in [0.2, 0.25) is 0 Å². The lowest BCUT2D eigenvalue weighted by Crippen LogP contribution is -2.38. The molecule has 2 aromatic heterocycles. The molecule has 0 spiro atoms. The topological polar surface area (TPSA) is 102 Å². The van der Waals surface area contributed by atoms with Gasteiger partial charge in [-0.2, -0.15) is 0 Å². The van der Waals surface area contributed by atoms with Crippen molar-refractivity contribution in [1.29, 1.82) is 0 Å². The van der Waals surface area contributed by atoms with Crippen LogP contribution in [0.5, 0.6) is 0 Å². The van der Waals surface area contributed by atoms with Gasteiger partial charge in [-0.05, 0) is 18.3 Å². The number of likely N-dealkylation sites (tertiary alicyclic amines) is 1. The maximum atomic E-state index is 12.8. The Bertz CT molecular complexity index is 941. The van der Waals surface area contributed by atoms with Crippen LogP contribution in [0.1, 0.15) is 41.3 Å². The summed E-state index contributed by atoms with van der Waals surface area (Å²) in [5.74, 6) is 0.615. The lowest BCUT2D eigenvalue weighted by molar-refractivity contribution is -0.139. The third-order valence-electron chi connectivity index (χ3n) is 4.95. The first-order valence-electron chi connectivity index (χ1n) is 9.24. The van der Waals surface area contributed by atoms with Crippen molar-refractivity contribution >= 4 is 33.5 Å². The highest BCUT2D eigenvalue weighted by Gasteiger charge is 2.26. The molecule has 1 fully saturated rings. The van der Waals surface area contributed by atoms with Gasteiger partial charge in [-0.3, -0.25) is 14.5 Å². The van der Waals surface area contributed by atoms with Gasteiger partial charge >= 0.3 is 11.9 Å². The molecule has 0 amide bonds. The van der Waals surface area contributed by atoms with Gasteiger partial charge in [0, 0.05) is 18.7 Å². The van der Waals surface area contributed by atoms with Crippen LogP contribution >= 0.6 is 11.3 Å². The molecular formula is C19H25N3O5S. The van der Waals surface area contributed by atoms with E-state index >= 15 is 0 Å². The number of methoxy groups -OCH3 is 2. The first-order chi connectivity index (χ1) is 13.3. The highest BCUT2D eigenvalue weighted by atomic mass is 32.1. The molecule has 8 nitrogen and oxygen atoms in total. The van der Waals surface area contributed by atoms with E-state index in [1.807, 2.05) is 0 Å². The molecule has 2 atom stereocenters. The van der Waals surface area contributed by atoms with Gasteiger partial charge < -0.3 is 14.5 Å². The molecule has 0 saturated carbocycles. The number of esters is 2. The highest BCUT2D eigenvalue weighted by molar-refractivity contribution is 7.20. The third-order valence-corrected chi connectivity index (χ3v) is 6.05. The van der Waals surface area contributed by atoms with E-state index in [0.717, 1.165) is 24.4 Å². The van der Waals surface area contributed by atoms with Crippen LogP contribution in [-0.4, -0.2) is 54.1 Å². The number of carbonyl (C=O) groups is 2. The predicted molar refractivity (Wildman–Crippen MR) is 106 cm³/mol. The van der Waals surface area contributed by atoms with Gasteiger partial charge in [0.25, 0.3) is 5.56 Å². The normalized spacial score (nSPS) is 20.3. The van der Waals surface area contributed by atoms with Crippen molar-refractivity contribution in [2.45, 2.75) is 33.2 Å². The average molecular weight is 407 g/mol. The first kappa shape index (κ1) is 20.5. The predicted octanol–water partition coefficient (Wildman–Crippen LogP) is 1.96. The SMILES string of the molecule is COC(=O)Cc1c(C(=O)OC)sc2nc(CN3C[C@@H](C)C[C@H](C)C3)[nH]c(=O)c12. The Morgan fingerprint density at radius 2 is 1.89 bits per heavy atom. The van der Waals surface area contributed by atoms with E-state index in [2.05, 4.69) is 28.7 Å². The monoisotopic (exact) mass is 407 g/mol. The summed E-state index contributed by atoms with van der Waals surface area (Å²) < 4.78 is 9.51. The molecule has 0 aromatic carbocycles. The second kappa shape index (κ2) is 8.40. The number of piperidine rings is 1. The number of H-pyrrole nitrogens is 1. The second-order valence-electron chi connectivity index (χ2n) is 7.49. The van der Waals surface area contributed by atoms with Crippen molar-refractivity contribution in [2.24, 2.45) is 11.8 Å². The molecule has 1 aliphatic rings. The molecule has 0 radical (unpaired) electrons. The van der Waals surface area contributed by atoms with E-state index in [4.69, 9.17) is 9.47 Å². The minimum Gasteiger partial charge on any atom is -0.469 e. The van der Waals surface area contributed by atoms with Crippen molar-refractivity contribution in [1.82, 2.24) is 14.9 Å². The van der Waals surface area contributed by atoms with Gasteiger partial charge in [0.05, 0.1) is 32.6 Å². The number of ether oxygens (including phenoxy) is 2. The van der Waals surface area contributed by atoms with Crippen molar-refractivity contribution in [3.05, 3.63) is 26.6 Å². The molecule has 0 aliphatic carbocycles. The molecule has 1 aliphatic heterocycles. The van der Waals surface area contributed by atoms with Gasteiger partial charge in [0.15, 0.2) is 0 Å². The van der Waals surface area contributed by atoms with Crippen LogP contribution in [0.15, 0.2) is 4.79 Å². The van der Waals surface area contributed by atoms with Crippen LogP contribution < -0.4 is 5.56 Å². The number of thiophene rings is 1. The quantitative estimate of drug-likeness (QED) is 0.756. The lowest BCUT2D eigenvalue weighted by atomic mass is 9.92. The number of hydrogen-bond donors (Lipinski definition) is 1. The number of nitrogens with zero attached hydrogens (tertiary/aromatic N) is 2. The van der Waals surface area contributed by atoms with Crippen molar-refractivity contribution < 1.29 is 19.1 Å². The van der Waals surface area contributed by atoms with E-state index in [1.54, 1.807) is 0 Å². The molecular weight excluding hydrogens is 382 g/mol. The van der Waals surface area contributed by atoms with E-state index < -0.39 is 11.9 Å². The van der Waals surface area contributed by atoms with Crippen LogP contribution in [0.25, 0.3) is 10.2 Å². The zero-order valence-corrected chi connectivity index (χ0v) is 17.4. The van der Waals surface area contributed by atoms with E-state index in [0.29, 0.717) is 34.6 Å². The Labute approximate surface area is 166 Å². The van der Waals surface area contributed by atoms with Gasteiger partial charge in [-0.1, -0.05) is 13.8 Å². The van der Waals surface area contributed by atoms with Crippen LogP contribution in [0.3, 0.4) is 0 Å². The van der Waals surface area contributed by atoms with Gasteiger partial charge in [0.1, 0.15) is 15.5 Å². The van der Waals surface area contributed by atoms with E-state index in [1.165, 1.54) is 20.6 Å². The van der Waals surface area contributed by atoms with Crippen molar-refractivity contribution in [3.8, 4) is 0 Å². The molecule has 9 heteroatoms. The summed E-state index contributed by atoms with van der Waals surface area (Å²) in [5.41, 5.74) is -0.0531. The summed E-state index contributed by atoms with van der Waals surface area (Å²) in [6.45, 7) is 6.90. The number of fused-ring (bicyclic) bond motifs is 1. The van der Waals surface area contributed by atoms with Crippen molar-refractivity contribution in [2.75, 3.05) is 27.3 Å². The second-order valence-corrected chi connectivity index (χ2v) is 8.49. The molecule has 152 valence electrons. The summed E-state index contributed by atoms with van der Waals surface area (Å²) >= 11 is 1.07. The molecule has 1 saturated heterocycles. The maximum absolute atomic E-state index is 12.8. The smallest absolute Gasteiger partial charge is 0.348 e. The molecule has 2 aromatic rings. The zero-order valence-electron chi connectivity index (χ0n) is 16.5.